The lowest BCUT2D eigenvalue weighted by atomic mass is 9.63. The SMILES string of the molecule is O=C(Oc1ccccc1Cl)c1ccc(N2C(=O)[C@@H]3[C@H]4C=C[C@@H]([C@@H]5C[C@@H]45)[C@H]3C2=O)cc1. The first-order valence-electron chi connectivity index (χ1n) is 10.2. The third-order valence-corrected chi connectivity index (χ3v) is 7.38. The number of carbonyl (C=O) groups is 3. The minimum absolute atomic E-state index is 0.110. The predicted molar refractivity (Wildman–Crippen MR) is 110 cm³/mol. The highest BCUT2D eigenvalue weighted by atomic mass is 35.5. The Bertz CT molecular complexity index is 1090. The molecule has 1 heterocycles. The summed E-state index contributed by atoms with van der Waals surface area (Å²) in [6, 6.07) is 13.1. The normalized spacial score (nSPS) is 32.8. The van der Waals surface area contributed by atoms with Crippen LogP contribution in [0.2, 0.25) is 5.02 Å². The molecule has 2 aromatic carbocycles. The fourth-order valence-electron chi connectivity index (χ4n) is 5.64. The first kappa shape index (κ1) is 17.9. The van der Waals surface area contributed by atoms with Crippen LogP contribution in [0.4, 0.5) is 5.69 Å². The number of ether oxygens (including phenoxy) is 1. The number of rotatable bonds is 3. The minimum Gasteiger partial charge on any atom is -0.421 e. The Morgan fingerprint density at radius 3 is 2.10 bits per heavy atom. The van der Waals surface area contributed by atoms with E-state index in [1.54, 1.807) is 48.5 Å². The molecule has 4 aliphatic carbocycles. The second kappa shape index (κ2) is 6.29. The van der Waals surface area contributed by atoms with E-state index < -0.39 is 5.97 Å². The second-order valence-corrected chi connectivity index (χ2v) is 8.94. The van der Waals surface area contributed by atoms with E-state index in [4.69, 9.17) is 16.3 Å². The van der Waals surface area contributed by atoms with E-state index in [9.17, 15) is 14.4 Å². The summed E-state index contributed by atoms with van der Waals surface area (Å²) in [6.45, 7) is 0. The molecule has 0 N–H and O–H groups in total. The maximum atomic E-state index is 13.2. The van der Waals surface area contributed by atoms with Crippen molar-refractivity contribution in [2.24, 2.45) is 35.5 Å². The van der Waals surface area contributed by atoms with Gasteiger partial charge in [0.15, 0.2) is 0 Å². The van der Waals surface area contributed by atoms with Crippen molar-refractivity contribution >= 4 is 35.1 Å². The van der Waals surface area contributed by atoms with E-state index in [1.165, 1.54) is 4.90 Å². The number of para-hydroxylation sites is 1. The third kappa shape index (κ3) is 2.45. The first-order valence-corrected chi connectivity index (χ1v) is 10.6. The average molecular weight is 420 g/mol. The highest BCUT2D eigenvalue weighted by Gasteiger charge is 2.67. The number of anilines is 1. The lowest BCUT2D eigenvalue weighted by Gasteiger charge is -2.37. The largest absolute Gasteiger partial charge is 0.421 e. The van der Waals surface area contributed by atoms with Crippen molar-refractivity contribution in [2.45, 2.75) is 6.42 Å². The van der Waals surface area contributed by atoms with Gasteiger partial charge in [-0.2, -0.15) is 0 Å². The summed E-state index contributed by atoms with van der Waals surface area (Å²) in [5, 5.41) is 0.347. The topological polar surface area (TPSA) is 63.7 Å². The Morgan fingerprint density at radius 1 is 0.900 bits per heavy atom. The molecule has 1 saturated heterocycles. The summed E-state index contributed by atoms with van der Waals surface area (Å²) < 4.78 is 5.34. The summed E-state index contributed by atoms with van der Waals surface area (Å²) in [7, 11) is 0. The number of amides is 2. The molecule has 2 saturated carbocycles. The van der Waals surface area contributed by atoms with E-state index in [0.717, 1.165) is 6.42 Å². The van der Waals surface area contributed by atoms with Gasteiger partial charge in [0.25, 0.3) is 0 Å². The van der Waals surface area contributed by atoms with Gasteiger partial charge in [-0.3, -0.25) is 14.5 Å². The molecule has 30 heavy (non-hydrogen) atoms. The van der Waals surface area contributed by atoms with Crippen molar-refractivity contribution in [1.82, 2.24) is 0 Å². The van der Waals surface area contributed by atoms with Crippen molar-refractivity contribution in [1.29, 1.82) is 0 Å². The van der Waals surface area contributed by atoms with Gasteiger partial charge in [-0.1, -0.05) is 35.9 Å². The monoisotopic (exact) mass is 419 g/mol. The zero-order valence-corrected chi connectivity index (χ0v) is 16.7. The molecule has 2 amide bonds. The molecule has 0 aromatic heterocycles. The van der Waals surface area contributed by atoms with Gasteiger partial charge in [-0.25, -0.2) is 4.79 Å². The number of carbonyl (C=O) groups excluding carboxylic acids is 3. The van der Waals surface area contributed by atoms with Crippen LogP contribution >= 0.6 is 11.6 Å². The molecule has 6 heteroatoms. The molecule has 0 radical (unpaired) electrons. The summed E-state index contributed by atoms with van der Waals surface area (Å²) in [5.74, 6) is 0.561. The third-order valence-electron chi connectivity index (χ3n) is 7.06. The highest BCUT2D eigenvalue weighted by Crippen LogP contribution is 2.65. The number of hydrogen-bond donors (Lipinski definition) is 0. The van der Waals surface area contributed by atoms with Gasteiger partial charge in [-0.05, 0) is 66.5 Å². The van der Waals surface area contributed by atoms with Crippen LogP contribution in [0, 0.1) is 35.5 Å². The molecule has 2 bridgehead atoms. The number of halogens is 1. The Morgan fingerprint density at radius 2 is 1.50 bits per heavy atom. The van der Waals surface area contributed by atoms with Gasteiger partial charge in [0.1, 0.15) is 5.75 Å². The lowest BCUT2D eigenvalue weighted by molar-refractivity contribution is -0.124. The van der Waals surface area contributed by atoms with Crippen LogP contribution < -0.4 is 9.64 Å². The van der Waals surface area contributed by atoms with E-state index >= 15 is 0 Å². The van der Waals surface area contributed by atoms with Gasteiger partial charge < -0.3 is 4.74 Å². The standard InChI is InChI=1S/C24H18ClNO4/c25-18-3-1-2-4-19(18)30-24(29)12-5-7-13(8-6-12)26-22(27)20-14-9-10-15(17-11-16(14)17)21(20)23(26)28/h1-10,14-17,20-21H,11H2/t14-,15-,16-,17-,20+,21+/m0/s1. The predicted octanol–water partition coefficient (Wildman–Crippen LogP) is 4.12. The molecule has 2 aromatic rings. The van der Waals surface area contributed by atoms with Crippen LogP contribution in [-0.2, 0) is 9.59 Å². The van der Waals surface area contributed by atoms with E-state index in [2.05, 4.69) is 12.2 Å². The molecule has 3 fully saturated rings. The number of esters is 1. The molecular formula is C24H18ClNO4. The van der Waals surface area contributed by atoms with Crippen molar-refractivity contribution < 1.29 is 19.1 Å². The average Bonchev–Trinajstić information content (AvgIpc) is 3.53. The molecular weight excluding hydrogens is 402 g/mol. The Balaban J connectivity index is 1.24. The maximum absolute atomic E-state index is 13.2. The molecule has 5 aliphatic rings. The van der Waals surface area contributed by atoms with Crippen molar-refractivity contribution in [2.75, 3.05) is 4.90 Å². The summed E-state index contributed by atoms with van der Waals surface area (Å²) in [5.41, 5.74) is 0.819. The van der Waals surface area contributed by atoms with Gasteiger partial charge in [0.2, 0.25) is 11.8 Å². The number of benzene rings is 2. The van der Waals surface area contributed by atoms with Crippen molar-refractivity contribution in [3.63, 3.8) is 0 Å². The van der Waals surface area contributed by atoms with E-state index in [-0.39, 0.29) is 41.2 Å². The molecule has 0 unspecified atom stereocenters. The number of imide groups is 1. The summed E-state index contributed by atoms with van der Waals surface area (Å²) in [4.78, 5) is 40.1. The number of allylic oxidation sites excluding steroid dienone is 2. The molecule has 5 nitrogen and oxygen atoms in total. The van der Waals surface area contributed by atoms with Crippen LogP contribution in [0.15, 0.2) is 60.7 Å². The maximum Gasteiger partial charge on any atom is 0.343 e. The number of hydrogen-bond acceptors (Lipinski definition) is 4. The minimum atomic E-state index is -0.551. The summed E-state index contributed by atoms with van der Waals surface area (Å²) >= 11 is 6.04. The van der Waals surface area contributed by atoms with Crippen LogP contribution in [0.3, 0.4) is 0 Å². The van der Waals surface area contributed by atoms with Crippen LogP contribution in [0.25, 0.3) is 0 Å². The highest BCUT2D eigenvalue weighted by molar-refractivity contribution is 6.32. The van der Waals surface area contributed by atoms with Crippen molar-refractivity contribution in [3.8, 4) is 5.75 Å². The molecule has 6 atom stereocenters. The van der Waals surface area contributed by atoms with E-state index in [1.807, 2.05) is 0 Å². The Kier molecular flexibility index (Phi) is 3.75. The quantitative estimate of drug-likeness (QED) is 0.325. The lowest BCUT2D eigenvalue weighted by Crippen LogP contribution is -2.40. The fraction of sp³-hybridized carbons (Fsp3) is 0.292. The smallest absolute Gasteiger partial charge is 0.343 e. The van der Waals surface area contributed by atoms with Crippen LogP contribution in [0.1, 0.15) is 16.8 Å². The second-order valence-electron chi connectivity index (χ2n) is 8.53. The molecule has 7 rings (SSSR count). The Hall–Kier alpha value is -2.92. The zero-order chi connectivity index (χ0) is 20.6. The van der Waals surface area contributed by atoms with Crippen molar-refractivity contribution in [3.05, 3.63) is 71.3 Å². The first-order chi connectivity index (χ1) is 14.5. The molecule has 0 spiro atoms. The van der Waals surface area contributed by atoms with Gasteiger partial charge in [-0.15, -0.1) is 0 Å². The molecule has 1 aliphatic heterocycles. The summed E-state index contributed by atoms with van der Waals surface area (Å²) in [6.07, 6.45) is 5.45. The Labute approximate surface area is 178 Å². The molecule has 150 valence electrons. The fourth-order valence-corrected chi connectivity index (χ4v) is 5.82. The van der Waals surface area contributed by atoms with E-state index in [0.29, 0.717) is 28.1 Å². The number of nitrogens with zero attached hydrogens (tertiary/aromatic N) is 1. The van der Waals surface area contributed by atoms with Crippen LogP contribution in [0.5, 0.6) is 5.75 Å². The zero-order valence-electron chi connectivity index (χ0n) is 15.9. The van der Waals surface area contributed by atoms with Gasteiger partial charge in [0, 0.05) is 0 Å². The van der Waals surface area contributed by atoms with Crippen LogP contribution in [-0.4, -0.2) is 17.8 Å². The van der Waals surface area contributed by atoms with Gasteiger partial charge in [0.05, 0.1) is 28.1 Å². The van der Waals surface area contributed by atoms with Gasteiger partial charge >= 0.3 is 5.97 Å².